The SMILES string of the molecule is CC1=C2CCC(C)(O)CCCC(C)(O)C3CCC(C)(CC2OC1=O)O3. The summed E-state index contributed by atoms with van der Waals surface area (Å²) in [5.74, 6) is -0.253. The molecule has 142 valence electrons. The van der Waals surface area contributed by atoms with Crippen LogP contribution >= 0.6 is 0 Å². The average Bonchev–Trinajstić information content (AvgIpc) is 2.99. The molecule has 0 aliphatic carbocycles. The molecule has 0 radical (unpaired) electrons. The lowest BCUT2D eigenvalue weighted by Gasteiger charge is -2.34. The summed E-state index contributed by atoms with van der Waals surface area (Å²) in [7, 11) is 0. The molecule has 3 aliphatic heterocycles. The maximum Gasteiger partial charge on any atom is 0.334 e. The van der Waals surface area contributed by atoms with Crippen LogP contribution in [0.4, 0.5) is 0 Å². The monoisotopic (exact) mass is 352 g/mol. The van der Waals surface area contributed by atoms with Crippen LogP contribution in [0.25, 0.3) is 0 Å². The highest BCUT2D eigenvalue weighted by Gasteiger charge is 2.47. The van der Waals surface area contributed by atoms with E-state index in [2.05, 4.69) is 6.92 Å². The number of fused-ring (bicyclic) bond motifs is 3. The Hall–Kier alpha value is -0.910. The van der Waals surface area contributed by atoms with Crippen LogP contribution in [0, 0.1) is 0 Å². The van der Waals surface area contributed by atoms with Gasteiger partial charge in [0.15, 0.2) is 0 Å². The molecule has 0 aromatic heterocycles. The van der Waals surface area contributed by atoms with E-state index in [0.29, 0.717) is 37.7 Å². The van der Waals surface area contributed by atoms with Gasteiger partial charge in [0.05, 0.1) is 22.9 Å². The van der Waals surface area contributed by atoms with Crippen molar-refractivity contribution in [3.63, 3.8) is 0 Å². The first-order chi connectivity index (χ1) is 11.5. The predicted molar refractivity (Wildman–Crippen MR) is 94.0 cm³/mol. The van der Waals surface area contributed by atoms with E-state index in [-0.39, 0.29) is 18.2 Å². The zero-order chi connectivity index (χ0) is 18.5. The summed E-state index contributed by atoms with van der Waals surface area (Å²) in [5, 5.41) is 21.6. The minimum atomic E-state index is -0.900. The molecule has 0 aromatic carbocycles. The standard InChI is InChI=1S/C20H32O5/c1-13-14-6-10-18(2,22)8-5-9-20(4,23)16-7-11-19(3,25-16)12-15(14)24-17(13)21/h15-16,22-23H,5-12H2,1-4H3. The molecule has 5 atom stereocenters. The number of hydrogen-bond donors (Lipinski definition) is 2. The number of aliphatic hydroxyl groups is 2. The molecule has 2 N–H and O–H groups in total. The molecule has 5 heteroatoms. The molecule has 5 nitrogen and oxygen atoms in total. The normalized spacial score (nSPS) is 46.1. The Morgan fingerprint density at radius 3 is 2.52 bits per heavy atom. The van der Waals surface area contributed by atoms with Crippen molar-refractivity contribution < 1.29 is 24.5 Å². The molecule has 2 fully saturated rings. The molecule has 3 aliphatic rings. The van der Waals surface area contributed by atoms with Crippen molar-refractivity contribution in [3.8, 4) is 0 Å². The zero-order valence-electron chi connectivity index (χ0n) is 15.9. The Morgan fingerprint density at radius 1 is 1.08 bits per heavy atom. The summed E-state index contributed by atoms with van der Waals surface area (Å²) in [4.78, 5) is 12.1. The van der Waals surface area contributed by atoms with Crippen LogP contribution in [-0.4, -0.2) is 45.2 Å². The van der Waals surface area contributed by atoms with Crippen molar-refractivity contribution in [2.24, 2.45) is 0 Å². The molecule has 0 saturated carbocycles. The molecule has 3 rings (SSSR count). The van der Waals surface area contributed by atoms with Crippen LogP contribution in [0.2, 0.25) is 0 Å². The summed E-state index contributed by atoms with van der Waals surface area (Å²) < 4.78 is 11.9. The van der Waals surface area contributed by atoms with Crippen LogP contribution < -0.4 is 0 Å². The van der Waals surface area contributed by atoms with Gasteiger partial charge in [-0.25, -0.2) is 4.79 Å². The maximum absolute atomic E-state index is 12.1. The molecule has 5 unspecified atom stereocenters. The highest BCUT2D eigenvalue weighted by molar-refractivity contribution is 5.91. The first kappa shape index (κ1) is 18.9. The number of carbonyl (C=O) groups excluding carboxylic acids is 1. The number of carbonyl (C=O) groups is 1. The number of esters is 1. The quantitative estimate of drug-likeness (QED) is 0.656. The van der Waals surface area contributed by atoms with Crippen molar-refractivity contribution in [1.29, 1.82) is 0 Å². The van der Waals surface area contributed by atoms with Crippen molar-refractivity contribution in [3.05, 3.63) is 11.1 Å². The summed E-state index contributed by atoms with van der Waals surface area (Å²) >= 11 is 0. The zero-order valence-corrected chi connectivity index (χ0v) is 15.9. The lowest BCUT2D eigenvalue weighted by Crippen LogP contribution is -2.42. The molecular weight excluding hydrogens is 320 g/mol. The summed E-state index contributed by atoms with van der Waals surface area (Å²) in [6.07, 6.45) is 5.01. The Kier molecular flexibility index (Phi) is 4.80. The van der Waals surface area contributed by atoms with Crippen LogP contribution in [0.15, 0.2) is 11.1 Å². The molecule has 0 spiro atoms. The average molecular weight is 352 g/mol. The molecule has 0 amide bonds. The van der Waals surface area contributed by atoms with Gasteiger partial charge in [-0.2, -0.15) is 0 Å². The van der Waals surface area contributed by atoms with Crippen molar-refractivity contribution in [1.82, 2.24) is 0 Å². The van der Waals surface area contributed by atoms with Gasteiger partial charge in [0, 0.05) is 12.0 Å². The van der Waals surface area contributed by atoms with Crippen molar-refractivity contribution >= 4 is 5.97 Å². The third kappa shape index (κ3) is 3.93. The van der Waals surface area contributed by atoms with E-state index in [1.54, 1.807) is 0 Å². The van der Waals surface area contributed by atoms with E-state index in [0.717, 1.165) is 24.8 Å². The second kappa shape index (κ2) is 6.36. The molecule has 2 bridgehead atoms. The van der Waals surface area contributed by atoms with Crippen molar-refractivity contribution in [2.45, 2.75) is 108 Å². The maximum atomic E-state index is 12.1. The smallest absolute Gasteiger partial charge is 0.334 e. The van der Waals surface area contributed by atoms with E-state index in [9.17, 15) is 15.0 Å². The fourth-order valence-electron chi connectivity index (χ4n) is 4.57. The van der Waals surface area contributed by atoms with Gasteiger partial charge in [-0.1, -0.05) is 0 Å². The number of ether oxygens (including phenoxy) is 2. The van der Waals surface area contributed by atoms with E-state index >= 15 is 0 Å². The lowest BCUT2D eigenvalue weighted by atomic mass is 9.83. The predicted octanol–water partition coefficient (Wildman–Crippen LogP) is 3.02. The van der Waals surface area contributed by atoms with E-state index < -0.39 is 16.8 Å². The molecular formula is C20H32O5. The topological polar surface area (TPSA) is 76.0 Å². The number of hydrogen-bond acceptors (Lipinski definition) is 5. The summed E-state index contributed by atoms with van der Waals surface area (Å²) in [6, 6.07) is 0. The van der Waals surface area contributed by atoms with E-state index in [4.69, 9.17) is 9.47 Å². The van der Waals surface area contributed by atoms with Gasteiger partial charge in [-0.3, -0.25) is 0 Å². The Labute approximate surface area is 150 Å². The Morgan fingerprint density at radius 2 is 1.80 bits per heavy atom. The van der Waals surface area contributed by atoms with Gasteiger partial charge in [0.2, 0.25) is 0 Å². The minimum absolute atomic E-state index is 0.214. The highest BCUT2D eigenvalue weighted by Crippen LogP contribution is 2.43. The molecule has 25 heavy (non-hydrogen) atoms. The van der Waals surface area contributed by atoms with Crippen LogP contribution in [0.1, 0.15) is 79.1 Å². The van der Waals surface area contributed by atoms with Gasteiger partial charge in [0.1, 0.15) is 6.10 Å². The fraction of sp³-hybridized carbons (Fsp3) is 0.850. The van der Waals surface area contributed by atoms with Gasteiger partial charge >= 0.3 is 5.97 Å². The third-order valence-corrected chi connectivity index (χ3v) is 6.43. The first-order valence-electron chi connectivity index (χ1n) is 9.55. The highest BCUT2D eigenvalue weighted by atomic mass is 16.6. The minimum Gasteiger partial charge on any atom is -0.454 e. The van der Waals surface area contributed by atoms with Crippen LogP contribution in [0.3, 0.4) is 0 Å². The Balaban J connectivity index is 1.88. The van der Waals surface area contributed by atoms with Crippen molar-refractivity contribution in [2.75, 3.05) is 0 Å². The summed E-state index contributed by atoms with van der Waals surface area (Å²) in [6.45, 7) is 7.55. The van der Waals surface area contributed by atoms with E-state index in [1.807, 2.05) is 20.8 Å². The van der Waals surface area contributed by atoms with Gasteiger partial charge in [0.25, 0.3) is 0 Å². The third-order valence-electron chi connectivity index (χ3n) is 6.43. The molecule has 0 aromatic rings. The molecule has 2 saturated heterocycles. The Bertz CT molecular complexity index is 577. The largest absolute Gasteiger partial charge is 0.454 e. The van der Waals surface area contributed by atoms with E-state index in [1.165, 1.54) is 0 Å². The molecule has 3 heterocycles. The second-order valence-electron chi connectivity index (χ2n) is 9.05. The van der Waals surface area contributed by atoms with Gasteiger partial charge < -0.3 is 19.7 Å². The fourth-order valence-corrected chi connectivity index (χ4v) is 4.57. The summed E-state index contributed by atoms with van der Waals surface area (Å²) in [5.41, 5.74) is -0.419. The lowest BCUT2D eigenvalue weighted by molar-refractivity contribution is -0.149. The van der Waals surface area contributed by atoms with Gasteiger partial charge in [-0.05, 0) is 78.2 Å². The van der Waals surface area contributed by atoms with Crippen LogP contribution in [0.5, 0.6) is 0 Å². The first-order valence-corrected chi connectivity index (χ1v) is 9.55. The number of rotatable bonds is 0. The second-order valence-corrected chi connectivity index (χ2v) is 9.05. The van der Waals surface area contributed by atoms with Crippen LogP contribution in [-0.2, 0) is 14.3 Å². The van der Waals surface area contributed by atoms with Gasteiger partial charge in [-0.15, -0.1) is 0 Å².